The molecule has 0 aliphatic carbocycles. The lowest BCUT2D eigenvalue weighted by Crippen LogP contribution is -2.06. The van der Waals surface area contributed by atoms with Crippen molar-refractivity contribution < 1.29 is 28.5 Å². The van der Waals surface area contributed by atoms with Crippen molar-refractivity contribution in [1.29, 1.82) is 0 Å². The Morgan fingerprint density at radius 1 is 0.742 bits per heavy atom. The maximum Gasteiger partial charge on any atom is 0.341 e. The molecule has 3 rings (SSSR count). The fourth-order valence-corrected chi connectivity index (χ4v) is 2.91. The van der Waals surface area contributed by atoms with Gasteiger partial charge in [-0.2, -0.15) is 0 Å². The molecule has 0 atom stereocenters. The number of benzene rings is 3. The average molecular weight is 418 g/mol. The number of ether oxygens (including phenoxy) is 4. The summed E-state index contributed by atoms with van der Waals surface area (Å²) in [7, 11) is 2.74. The van der Waals surface area contributed by atoms with E-state index < -0.39 is 5.97 Å². The minimum atomic E-state index is -0.557. The first-order chi connectivity index (χ1) is 15.0. The molecule has 6 nitrogen and oxygen atoms in total. The molecule has 0 fully saturated rings. The third-order valence-corrected chi connectivity index (χ3v) is 4.35. The van der Waals surface area contributed by atoms with E-state index in [-0.39, 0.29) is 11.4 Å². The smallest absolute Gasteiger partial charge is 0.341 e. The van der Waals surface area contributed by atoms with Crippen molar-refractivity contribution in [2.75, 3.05) is 14.2 Å². The van der Waals surface area contributed by atoms with Gasteiger partial charge in [0.1, 0.15) is 28.6 Å². The van der Waals surface area contributed by atoms with Gasteiger partial charge < -0.3 is 18.9 Å². The molecule has 0 aliphatic heterocycles. The molecule has 3 aromatic rings. The number of Topliss-reactive ketones (excluding diaryl/α,β-unsaturated/α-hetero) is 1. The second kappa shape index (κ2) is 10.1. The maximum atomic E-state index is 12.2. The van der Waals surface area contributed by atoms with Crippen LogP contribution in [0, 0.1) is 0 Å². The van der Waals surface area contributed by atoms with Crippen LogP contribution in [0.5, 0.6) is 23.0 Å². The summed E-state index contributed by atoms with van der Waals surface area (Å²) in [5, 5.41) is 0. The van der Waals surface area contributed by atoms with Crippen molar-refractivity contribution in [1.82, 2.24) is 0 Å². The highest BCUT2D eigenvalue weighted by atomic mass is 16.5. The summed E-state index contributed by atoms with van der Waals surface area (Å²) in [6.45, 7) is 1.47. The van der Waals surface area contributed by atoms with Gasteiger partial charge in [0, 0.05) is 11.6 Å². The summed E-state index contributed by atoms with van der Waals surface area (Å²) in [5.41, 5.74) is 1.14. The van der Waals surface area contributed by atoms with Crippen LogP contribution in [0.2, 0.25) is 0 Å². The van der Waals surface area contributed by atoms with Gasteiger partial charge in [-0.25, -0.2) is 4.79 Å². The molecule has 0 unspecified atom stereocenters. The van der Waals surface area contributed by atoms with E-state index in [2.05, 4.69) is 0 Å². The van der Waals surface area contributed by atoms with E-state index >= 15 is 0 Å². The van der Waals surface area contributed by atoms with Crippen LogP contribution < -0.4 is 9.47 Å². The van der Waals surface area contributed by atoms with Crippen LogP contribution in [-0.4, -0.2) is 26.0 Å². The quantitative estimate of drug-likeness (QED) is 0.204. The summed E-state index contributed by atoms with van der Waals surface area (Å²) in [5.74, 6) is 1.13. The monoisotopic (exact) mass is 418 g/mol. The zero-order valence-corrected chi connectivity index (χ0v) is 17.5. The van der Waals surface area contributed by atoms with Crippen LogP contribution in [-0.2, 0) is 14.3 Å². The van der Waals surface area contributed by atoms with Crippen LogP contribution in [0.3, 0.4) is 0 Å². The molecule has 3 aromatic carbocycles. The maximum absolute atomic E-state index is 12.2. The molecule has 0 aliphatic rings. The molecule has 0 heterocycles. The highest BCUT2D eigenvalue weighted by Gasteiger charge is 2.19. The minimum absolute atomic E-state index is 0.131. The Bertz CT molecular complexity index is 1100. The third-order valence-electron chi connectivity index (χ3n) is 4.35. The lowest BCUT2D eigenvalue weighted by Gasteiger charge is -2.15. The van der Waals surface area contributed by atoms with Gasteiger partial charge in [0.25, 0.3) is 0 Å². The van der Waals surface area contributed by atoms with Gasteiger partial charge in [0.15, 0.2) is 5.78 Å². The second-order valence-corrected chi connectivity index (χ2v) is 6.49. The fourth-order valence-electron chi connectivity index (χ4n) is 2.91. The molecule has 0 amide bonds. The first-order valence-electron chi connectivity index (χ1n) is 9.50. The van der Waals surface area contributed by atoms with Crippen LogP contribution in [0.4, 0.5) is 0 Å². The number of ketones is 1. The van der Waals surface area contributed by atoms with Crippen molar-refractivity contribution in [2.45, 2.75) is 6.92 Å². The third kappa shape index (κ3) is 5.30. The SMILES string of the molecule is COC=C(C(=O)OC)c1ccccc1Oc1ccc(C(C)=O)c(Oc2ccccc2)c1. The number of rotatable bonds is 8. The largest absolute Gasteiger partial charge is 0.503 e. The number of para-hydroxylation sites is 2. The molecule has 0 bridgehead atoms. The number of methoxy groups -OCH3 is 2. The second-order valence-electron chi connectivity index (χ2n) is 6.49. The summed E-state index contributed by atoms with van der Waals surface area (Å²) >= 11 is 0. The summed E-state index contributed by atoms with van der Waals surface area (Å²) < 4.78 is 21.9. The first-order valence-corrected chi connectivity index (χ1v) is 9.50. The van der Waals surface area contributed by atoms with Crippen LogP contribution in [0.25, 0.3) is 5.57 Å². The van der Waals surface area contributed by atoms with Gasteiger partial charge >= 0.3 is 5.97 Å². The Balaban J connectivity index is 1.98. The van der Waals surface area contributed by atoms with Crippen LogP contribution in [0.15, 0.2) is 79.1 Å². The van der Waals surface area contributed by atoms with Crippen molar-refractivity contribution in [3.05, 3.63) is 90.2 Å². The van der Waals surface area contributed by atoms with Gasteiger partial charge in [0.2, 0.25) is 0 Å². The van der Waals surface area contributed by atoms with Crippen molar-refractivity contribution in [3.8, 4) is 23.0 Å². The predicted octanol–water partition coefficient (Wildman–Crippen LogP) is 5.63. The Hall–Kier alpha value is -4.06. The molecule has 158 valence electrons. The van der Waals surface area contributed by atoms with Crippen LogP contribution in [0.1, 0.15) is 22.8 Å². The van der Waals surface area contributed by atoms with Gasteiger partial charge in [-0.15, -0.1) is 0 Å². The highest BCUT2D eigenvalue weighted by molar-refractivity contribution is 6.17. The Morgan fingerprint density at radius 3 is 2.10 bits per heavy atom. The zero-order chi connectivity index (χ0) is 22.2. The van der Waals surface area contributed by atoms with Gasteiger partial charge in [-0.1, -0.05) is 36.4 Å². The van der Waals surface area contributed by atoms with E-state index in [0.717, 1.165) is 0 Å². The molecule has 0 saturated heterocycles. The Morgan fingerprint density at radius 2 is 1.42 bits per heavy atom. The molecule has 0 radical (unpaired) electrons. The number of hydrogen-bond donors (Lipinski definition) is 0. The van der Waals surface area contributed by atoms with E-state index in [9.17, 15) is 9.59 Å². The van der Waals surface area contributed by atoms with Crippen molar-refractivity contribution in [3.63, 3.8) is 0 Å². The van der Waals surface area contributed by atoms with Crippen LogP contribution >= 0.6 is 0 Å². The highest BCUT2D eigenvalue weighted by Crippen LogP contribution is 2.35. The molecular formula is C25H22O6. The lowest BCUT2D eigenvalue weighted by atomic mass is 10.1. The van der Waals surface area contributed by atoms with Crippen molar-refractivity contribution in [2.24, 2.45) is 0 Å². The standard InChI is InChI=1S/C25H22O6/c1-17(26)20-14-13-19(15-24(20)30-18-9-5-4-6-10-18)31-23-12-8-7-11-21(23)22(16-28-2)25(27)29-3/h4-16H,1-3H3. The average Bonchev–Trinajstić information content (AvgIpc) is 2.78. The predicted molar refractivity (Wildman–Crippen MR) is 116 cm³/mol. The minimum Gasteiger partial charge on any atom is -0.503 e. The molecule has 0 aromatic heterocycles. The van der Waals surface area contributed by atoms with Gasteiger partial charge in [-0.05, 0) is 37.3 Å². The summed E-state index contributed by atoms with van der Waals surface area (Å²) in [6, 6.07) is 21.1. The zero-order valence-electron chi connectivity index (χ0n) is 17.5. The van der Waals surface area contributed by atoms with E-state index in [1.165, 1.54) is 27.4 Å². The number of carbonyl (C=O) groups is 2. The molecule has 31 heavy (non-hydrogen) atoms. The fraction of sp³-hybridized carbons (Fsp3) is 0.120. The molecular weight excluding hydrogens is 396 g/mol. The number of hydrogen-bond acceptors (Lipinski definition) is 6. The first kappa shape index (κ1) is 21.6. The molecule has 0 spiro atoms. The normalized spacial score (nSPS) is 10.9. The number of carbonyl (C=O) groups excluding carboxylic acids is 2. The molecule has 6 heteroatoms. The Kier molecular flexibility index (Phi) is 7.06. The molecule has 0 N–H and O–H groups in total. The Labute approximate surface area is 180 Å². The van der Waals surface area contributed by atoms with E-state index in [1.807, 2.05) is 18.2 Å². The topological polar surface area (TPSA) is 71.1 Å². The van der Waals surface area contributed by atoms with Gasteiger partial charge in [0.05, 0.1) is 26.0 Å². The van der Waals surface area contributed by atoms with E-state index in [0.29, 0.717) is 34.1 Å². The van der Waals surface area contributed by atoms with Gasteiger partial charge in [-0.3, -0.25) is 4.79 Å². The molecule has 0 saturated carbocycles. The number of esters is 1. The summed E-state index contributed by atoms with van der Waals surface area (Å²) in [6.07, 6.45) is 1.30. The van der Waals surface area contributed by atoms with Crippen molar-refractivity contribution >= 4 is 17.3 Å². The lowest BCUT2D eigenvalue weighted by molar-refractivity contribution is -0.133. The van der Waals surface area contributed by atoms with E-state index in [1.54, 1.807) is 54.6 Å². The summed E-state index contributed by atoms with van der Waals surface area (Å²) in [4.78, 5) is 24.3. The van der Waals surface area contributed by atoms with E-state index in [4.69, 9.17) is 18.9 Å².